The largest absolute Gasteiger partial charge is 0.356 e. The van der Waals surface area contributed by atoms with Gasteiger partial charge in [-0.1, -0.05) is 23.7 Å². The highest BCUT2D eigenvalue weighted by Gasteiger charge is 2.32. The Balaban J connectivity index is 1.47. The van der Waals surface area contributed by atoms with Crippen LogP contribution >= 0.6 is 11.6 Å². The lowest BCUT2D eigenvalue weighted by Crippen LogP contribution is -2.43. The van der Waals surface area contributed by atoms with Crippen molar-refractivity contribution in [2.75, 3.05) is 19.6 Å². The molecule has 27 heavy (non-hydrogen) atoms. The zero-order chi connectivity index (χ0) is 19.3. The first-order valence-electron chi connectivity index (χ1n) is 8.89. The number of carbonyl (C=O) groups is 1. The van der Waals surface area contributed by atoms with Gasteiger partial charge in [0.05, 0.1) is 0 Å². The average molecular weight is 408 g/mol. The standard InChI is InChI=1S/C19H22ClN3O3S/c20-17-5-3-15(4-6-17)7-11-22-19(24)16-8-12-23(13-9-16)27(25,26)18-2-1-10-21-14-18/h1-6,10,14,16H,7-9,11-13H2,(H,22,24). The molecule has 1 aromatic carbocycles. The molecule has 2 aromatic rings. The van der Waals surface area contributed by atoms with E-state index >= 15 is 0 Å². The van der Waals surface area contributed by atoms with Gasteiger partial charge in [-0.25, -0.2) is 8.42 Å². The van der Waals surface area contributed by atoms with Crippen molar-refractivity contribution in [3.05, 3.63) is 59.4 Å². The highest BCUT2D eigenvalue weighted by Crippen LogP contribution is 2.23. The van der Waals surface area contributed by atoms with Crippen molar-refractivity contribution in [1.82, 2.24) is 14.6 Å². The average Bonchev–Trinajstić information content (AvgIpc) is 2.70. The SMILES string of the molecule is O=C(NCCc1ccc(Cl)cc1)C1CCN(S(=O)(=O)c2cccnc2)CC1. The third kappa shape index (κ3) is 5.06. The Hall–Kier alpha value is -1.96. The molecule has 1 saturated heterocycles. The molecule has 3 rings (SSSR count). The number of aromatic nitrogens is 1. The minimum Gasteiger partial charge on any atom is -0.356 e. The van der Waals surface area contributed by atoms with Gasteiger partial charge in [0, 0.05) is 43.0 Å². The van der Waals surface area contributed by atoms with E-state index in [1.165, 1.54) is 16.6 Å². The fraction of sp³-hybridized carbons (Fsp3) is 0.368. The van der Waals surface area contributed by atoms with Gasteiger partial charge in [0.15, 0.2) is 0 Å². The molecule has 0 spiro atoms. The normalized spacial score (nSPS) is 16.2. The first-order chi connectivity index (χ1) is 13.0. The molecule has 0 bridgehead atoms. The van der Waals surface area contributed by atoms with E-state index in [0.29, 0.717) is 37.5 Å². The van der Waals surface area contributed by atoms with E-state index in [1.807, 2.05) is 24.3 Å². The maximum Gasteiger partial charge on any atom is 0.244 e. The summed E-state index contributed by atoms with van der Waals surface area (Å²) in [5.74, 6) is -0.169. The van der Waals surface area contributed by atoms with E-state index < -0.39 is 10.0 Å². The summed E-state index contributed by atoms with van der Waals surface area (Å²) in [6.07, 6.45) is 4.67. The molecule has 0 aliphatic carbocycles. The minimum absolute atomic E-state index is 0.0117. The Morgan fingerprint density at radius 1 is 1.19 bits per heavy atom. The number of carbonyl (C=O) groups excluding carboxylic acids is 1. The quantitative estimate of drug-likeness (QED) is 0.797. The smallest absolute Gasteiger partial charge is 0.244 e. The summed E-state index contributed by atoms with van der Waals surface area (Å²) in [7, 11) is -3.54. The van der Waals surface area contributed by atoms with Gasteiger partial charge in [-0.2, -0.15) is 4.31 Å². The van der Waals surface area contributed by atoms with Crippen LogP contribution in [0.5, 0.6) is 0 Å². The summed E-state index contributed by atoms with van der Waals surface area (Å²) in [6.45, 7) is 1.23. The lowest BCUT2D eigenvalue weighted by Gasteiger charge is -2.30. The first-order valence-corrected chi connectivity index (χ1v) is 10.7. The summed E-state index contributed by atoms with van der Waals surface area (Å²) < 4.78 is 26.6. The van der Waals surface area contributed by atoms with Crippen molar-refractivity contribution in [1.29, 1.82) is 0 Å². The third-order valence-electron chi connectivity index (χ3n) is 4.72. The molecule has 0 saturated carbocycles. The molecule has 1 aliphatic rings. The van der Waals surface area contributed by atoms with Crippen LogP contribution in [0.25, 0.3) is 0 Å². The molecule has 0 atom stereocenters. The number of pyridine rings is 1. The molecule has 1 fully saturated rings. The van der Waals surface area contributed by atoms with Crippen molar-refractivity contribution in [3.8, 4) is 0 Å². The third-order valence-corrected chi connectivity index (χ3v) is 6.86. The summed E-state index contributed by atoms with van der Waals surface area (Å²) in [5.41, 5.74) is 1.11. The second-order valence-electron chi connectivity index (χ2n) is 6.53. The molecule has 8 heteroatoms. The van der Waals surface area contributed by atoms with E-state index in [-0.39, 0.29) is 16.7 Å². The van der Waals surface area contributed by atoms with Gasteiger partial charge in [-0.05, 0) is 49.1 Å². The zero-order valence-corrected chi connectivity index (χ0v) is 16.4. The van der Waals surface area contributed by atoms with E-state index in [1.54, 1.807) is 12.3 Å². The first kappa shape index (κ1) is 19.8. The number of hydrogen-bond donors (Lipinski definition) is 1. The van der Waals surface area contributed by atoms with E-state index in [9.17, 15) is 13.2 Å². The van der Waals surface area contributed by atoms with Crippen molar-refractivity contribution in [2.24, 2.45) is 5.92 Å². The van der Waals surface area contributed by atoms with Crippen LogP contribution < -0.4 is 5.32 Å². The molecule has 1 aromatic heterocycles. The number of amides is 1. The maximum atomic E-state index is 12.6. The predicted octanol–water partition coefficient (Wildman–Crippen LogP) is 2.49. The predicted molar refractivity (Wildman–Crippen MR) is 104 cm³/mol. The van der Waals surface area contributed by atoms with Crippen LogP contribution in [0.3, 0.4) is 0 Å². The van der Waals surface area contributed by atoms with Gasteiger partial charge in [-0.15, -0.1) is 0 Å². The van der Waals surface area contributed by atoms with Crippen LogP contribution in [0.1, 0.15) is 18.4 Å². The lowest BCUT2D eigenvalue weighted by molar-refractivity contribution is -0.126. The van der Waals surface area contributed by atoms with Gasteiger partial charge in [0.25, 0.3) is 0 Å². The van der Waals surface area contributed by atoms with Gasteiger partial charge in [0.1, 0.15) is 4.90 Å². The van der Waals surface area contributed by atoms with E-state index in [4.69, 9.17) is 11.6 Å². The van der Waals surface area contributed by atoms with Crippen molar-refractivity contribution in [3.63, 3.8) is 0 Å². The Labute approximate surface area is 164 Å². The molecule has 1 N–H and O–H groups in total. The van der Waals surface area contributed by atoms with Crippen molar-refractivity contribution < 1.29 is 13.2 Å². The van der Waals surface area contributed by atoms with Crippen LogP contribution in [-0.4, -0.2) is 43.2 Å². The van der Waals surface area contributed by atoms with Gasteiger partial charge in [-0.3, -0.25) is 9.78 Å². The molecule has 2 heterocycles. The summed E-state index contributed by atoms with van der Waals surface area (Å²) in [4.78, 5) is 16.4. The molecule has 0 radical (unpaired) electrons. The topological polar surface area (TPSA) is 79.4 Å². The second kappa shape index (κ2) is 8.82. The van der Waals surface area contributed by atoms with Crippen molar-refractivity contribution >= 4 is 27.5 Å². The van der Waals surface area contributed by atoms with E-state index in [2.05, 4.69) is 10.3 Å². The zero-order valence-electron chi connectivity index (χ0n) is 14.8. The number of sulfonamides is 1. The molecule has 1 amide bonds. The number of piperidine rings is 1. The Morgan fingerprint density at radius 3 is 2.52 bits per heavy atom. The Kier molecular flexibility index (Phi) is 6.46. The number of nitrogens with zero attached hydrogens (tertiary/aromatic N) is 2. The number of benzene rings is 1. The number of rotatable bonds is 6. The summed E-state index contributed by atoms with van der Waals surface area (Å²) >= 11 is 5.86. The lowest BCUT2D eigenvalue weighted by atomic mass is 9.97. The number of nitrogens with one attached hydrogen (secondary N) is 1. The molecule has 6 nitrogen and oxygen atoms in total. The Bertz CT molecular complexity index is 865. The highest BCUT2D eigenvalue weighted by molar-refractivity contribution is 7.89. The van der Waals surface area contributed by atoms with Crippen LogP contribution in [0.2, 0.25) is 5.02 Å². The molecular formula is C19H22ClN3O3S. The van der Waals surface area contributed by atoms with Crippen molar-refractivity contribution in [2.45, 2.75) is 24.2 Å². The molecule has 0 unspecified atom stereocenters. The number of hydrogen-bond acceptors (Lipinski definition) is 4. The van der Waals surface area contributed by atoms with Crippen LogP contribution in [0.4, 0.5) is 0 Å². The maximum absolute atomic E-state index is 12.6. The fourth-order valence-electron chi connectivity index (χ4n) is 3.13. The summed E-state index contributed by atoms with van der Waals surface area (Å²) in [5, 5.41) is 3.64. The summed E-state index contributed by atoms with van der Waals surface area (Å²) in [6, 6.07) is 10.7. The number of halogens is 1. The second-order valence-corrected chi connectivity index (χ2v) is 8.91. The van der Waals surface area contributed by atoms with Gasteiger partial charge < -0.3 is 5.32 Å². The van der Waals surface area contributed by atoms with Crippen LogP contribution in [0.15, 0.2) is 53.7 Å². The molecule has 1 aliphatic heterocycles. The van der Waals surface area contributed by atoms with E-state index in [0.717, 1.165) is 12.0 Å². The van der Waals surface area contributed by atoms with Gasteiger partial charge in [0.2, 0.25) is 15.9 Å². The molecular weight excluding hydrogens is 386 g/mol. The fourth-order valence-corrected chi connectivity index (χ4v) is 4.69. The molecule has 144 valence electrons. The van der Waals surface area contributed by atoms with Crippen LogP contribution in [0, 0.1) is 5.92 Å². The minimum atomic E-state index is -3.54. The monoisotopic (exact) mass is 407 g/mol. The van der Waals surface area contributed by atoms with Crippen LogP contribution in [-0.2, 0) is 21.2 Å². The Morgan fingerprint density at radius 2 is 1.89 bits per heavy atom. The van der Waals surface area contributed by atoms with Gasteiger partial charge >= 0.3 is 0 Å². The highest BCUT2D eigenvalue weighted by atomic mass is 35.5.